The van der Waals surface area contributed by atoms with Crippen LogP contribution in [0.4, 0.5) is 0 Å². The average Bonchev–Trinajstić information content (AvgIpc) is 2.90. The maximum Gasteiger partial charge on any atom is 0.251 e. The van der Waals surface area contributed by atoms with E-state index >= 15 is 0 Å². The Morgan fingerprint density at radius 1 is 1.45 bits per heavy atom. The largest absolute Gasteiger partial charge is 0.493 e. The fourth-order valence-corrected chi connectivity index (χ4v) is 2.28. The van der Waals surface area contributed by atoms with E-state index in [4.69, 9.17) is 10.5 Å². The highest BCUT2D eigenvalue weighted by Crippen LogP contribution is 2.25. The molecule has 3 N–H and O–H groups in total. The minimum absolute atomic E-state index is 0.00853. The molecular weight excluding hydrogens is 256 g/mol. The third-order valence-corrected chi connectivity index (χ3v) is 3.76. The van der Waals surface area contributed by atoms with Crippen molar-refractivity contribution in [1.29, 1.82) is 0 Å². The second kappa shape index (κ2) is 5.94. The van der Waals surface area contributed by atoms with Gasteiger partial charge >= 0.3 is 0 Å². The standard InChI is InChI=1S/C15H20N2O3/c1-3-9(2)13(14(16)18)17-15(19)11-4-5-12-10(8-11)6-7-20-12/h4-5,8-9,13H,3,6-7H2,1-2H3,(H2,16,18)(H,17,19). The predicted molar refractivity (Wildman–Crippen MR) is 75.5 cm³/mol. The first-order valence-electron chi connectivity index (χ1n) is 6.88. The Morgan fingerprint density at radius 2 is 2.20 bits per heavy atom. The molecular formula is C15H20N2O3. The number of hydrogen-bond acceptors (Lipinski definition) is 3. The quantitative estimate of drug-likeness (QED) is 0.849. The minimum atomic E-state index is -0.642. The lowest BCUT2D eigenvalue weighted by Gasteiger charge is -2.21. The molecule has 20 heavy (non-hydrogen) atoms. The number of carbonyl (C=O) groups excluding carboxylic acids is 2. The molecule has 1 aromatic rings. The van der Waals surface area contributed by atoms with E-state index in [2.05, 4.69) is 5.32 Å². The van der Waals surface area contributed by atoms with Crippen molar-refractivity contribution >= 4 is 11.8 Å². The van der Waals surface area contributed by atoms with Crippen LogP contribution in [-0.4, -0.2) is 24.5 Å². The van der Waals surface area contributed by atoms with Crippen molar-refractivity contribution in [2.24, 2.45) is 11.7 Å². The molecule has 0 bridgehead atoms. The van der Waals surface area contributed by atoms with Gasteiger partial charge in [-0.1, -0.05) is 20.3 Å². The summed E-state index contributed by atoms with van der Waals surface area (Å²) >= 11 is 0. The molecule has 1 aromatic carbocycles. The van der Waals surface area contributed by atoms with Crippen LogP contribution in [0, 0.1) is 5.92 Å². The van der Waals surface area contributed by atoms with E-state index in [1.54, 1.807) is 12.1 Å². The maximum atomic E-state index is 12.2. The van der Waals surface area contributed by atoms with Crippen LogP contribution in [0.3, 0.4) is 0 Å². The van der Waals surface area contributed by atoms with Crippen molar-refractivity contribution in [2.45, 2.75) is 32.7 Å². The number of ether oxygens (including phenoxy) is 1. The molecule has 2 unspecified atom stereocenters. The van der Waals surface area contributed by atoms with E-state index in [0.29, 0.717) is 12.2 Å². The number of primary amides is 1. The van der Waals surface area contributed by atoms with Crippen LogP contribution < -0.4 is 15.8 Å². The Morgan fingerprint density at radius 3 is 2.85 bits per heavy atom. The normalized spacial score (nSPS) is 15.9. The molecule has 1 aliphatic heterocycles. The Hall–Kier alpha value is -2.04. The van der Waals surface area contributed by atoms with Crippen LogP contribution in [0.2, 0.25) is 0 Å². The zero-order chi connectivity index (χ0) is 14.7. The number of hydrogen-bond donors (Lipinski definition) is 2. The summed E-state index contributed by atoms with van der Waals surface area (Å²) in [6.07, 6.45) is 1.58. The second-order valence-electron chi connectivity index (χ2n) is 5.16. The molecule has 0 saturated heterocycles. The van der Waals surface area contributed by atoms with E-state index in [1.165, 1.54) is 0 Å². The second-order valence-corrected chi connectivity index (χ2v) is 5.16. The molecule has 1 aliphatic rings. The van der Waals surface area contributed by atoms with Crippen LogP contribution in [-0.2, 0) is 11.2 Å². The van der Waals surface area contributed by atoms with Gasteiger partial charge in [0.1, 0.15) is 11.8 Å². The number of rotatable bonds is 5. The molecule has 5 heteroatoms. The van der Waals surface area contributed by atoms with Crippen molar-refractivity contribution in [1.82, 2.24) is 5.32 Å². The Bertz CT molecular complexity index is 528. The smallest absolute Gasteiger partial charge is 0.251 e. The fraction of sp³-hybridized carbons (Fsp3) is 0.467. The molecule has 0 aliphatic carbocycles. The molecule has 2 amide bonds. The summed E-state index contributed by atoms with van der Waals surface area (Å²) in [5.41, 5.74) is 6.91. The monoisotopic (exact) mass is 276 g/mol. The molecule has 2 atom stereocenters. The molecule has 0 radical (unpaired) electrons. The van der Waals surface area contributed by atoms with Gasteiger partial charge in [-0.25, -0.2) is 0 Å². The molecule has 0 aromatic heterocycles. The van der Waals surface area contributed by atoms with Gasteiger partial charge in [0.15, 0.2) is 0 Å². The maximum absolute atomic E-state index is 12.2. The van der Waals surface area contributed by atoms with Gasteiger partial charge in [-0.15, -0.1) is 0 Å². The van der Waals surface area contributed by atoms with Crippen molar-refractivity contribution < 1.29 is 14.3 Å². The summed E-state index contributed by atoms with van der Waals surface area (Å²) in [6.45, 7) is 4.50. The van der Waals surface area contributed by atoms with Gasteiger partial charge in [-0.3, -0.25) is 9.59 Å². The molecule has 1 heterocycles. The fourth-order valence-electron chi connectivity index (χ4n) is 2.28. The first kappa shape index (κ1) is 14.4. The van der Waals surface area contributed by atoms with Crippen LogP contribution in [0.5, 0.6) is 5.75 Å². The summed E-state index contributed by atoms with van der Waals surface area (Å²) in [7, 11) is 0. The van der Waals surface area contributed by atoms with Crippen LogP contribution in [0.1, 0.15) is 36.2 Å². The highest BCUT2D eigenvalue weighted by Gasteiger charge is 2.24. The molecule has 0 saturated carbocycles. The van der Waals surface area contributed by atoms with E-state index in [0.717, 1.165) is 24.2 Å². The predicted octanol–water partition coefficient (Wildman–Crippen LogP) is 1.25. The number of nitrogens with two attached hydrogens (primary N) is 1. The summed E-state index contributed by atoms with van der Waals surface area (Å²) in [5.74, 6) is 0.0603. The topological polar surface area (TPSA) is 81.4 Å². The van der Waals surface area contributed by atoms with Crippen molar-refractivity contribution in [3.8, 4) is 5.75 Å². The van der Waals surface area contributed by atoms with Gasteiger partial charge in [-0.05, 0) is 29.7 Å². The van der Waals surface area contributed by atoms with Gasteiger partial charge in [0, 0.05) is 12.0 Å². The van der Waals surface area contributed by atoms with E-state index < -0.39 is 11.9 Å². The summed E-state index contributed by atoms with van der Waals surface area (Å²) < 4.78 is 5.40. The summed E-state index contributed by atoms with van der Waals surface area (Å²) in [5, 5.41) is 2.72. The van der Waals surface area contributed by atoms with Crippen LogP contribution in [0.15, 0.2) is 18.2 Å². The summed E-state index contributed by atoms with van der Waals surface area (Å²) in [4.78, 5) is 23.7. The van der Waals surface area contributed by atoms with Gasteiger partial charge < -0.3 is 15.8 Å². The lowest BCUT2D eigenvalue weighted by atomic mass is 9.98. The van der Waals surface area contributed by atoms with E-state index in [9.17, 15) is 9.59 Å². The Balaban J connectivity index is 2.12. The highest BCUT2D eigenvalue weighted by molar-refractivity contribution is 5.97. The van der Waals surface area contributed by atoms with Gasteiger partial charge in [-0.2, -0.15) is 0 Å². The Kier molecular flexibility index (Phi) is 4.27. The number of fused-ring (bicyclic) bond motifs is 1. The average molecular weight is 276 g/mol. The van der Waals surface area contributed by atoms with Crippen molar-refractivity contribution in [3.63, 3.8) is 0 Å². The third kappa shape index (κ3) is 2.92. The van der Waals surface area contributed by atoms with Crippen molar-refractivity contribution in [2.75, 3.05) is 6.61 Å². The molecule has 2 rings (SSSR count). The first-order chi connectivity index (χ1) is 9.52. The van der Waals surface area contributed by atoms with Crippen molar-refractivity contribution in [3.05, 3.63) is 29.3 Å². The minimum Gasteiger partial charge on any atom is -0.493 e. The van der Waals surface area contributed by atoms with Gasteiger partial charge in [0.2, 0.25) is 5.91 Å². The van der Waals surface area contributed by atoms with E-state index in [-0.39, 0.29) is 11.8 Å². The highest BCUT2D eigenvalue weighted by atomic mass is 16.5. The lowest BCUT2D eigenvalue weighted by Crippen LogP contribution is -2.48. The molecule has 0 fully saturated rings. The first-order valence-corrected chi connectivity index (χ1v) is 6.88. The zero-order valence-corrected chi connectivity index (χ0v) is 11.8. The SMILES string of the molecule is CCC(C)C(NC(=O)c1ccc2c(c1)CCO2)C(N)=O. The number of benzene rings is 1. The molecule has 5 nitrogen and oxygen atoms in total. The van der Waals surface area contributed by atoms with Gasteiger partial charge in [0.05, 0.1) is 6.61 Å². The molecule has 108 valence electrons. The number of amides is 2. The number of carbonyl (C=O) groups is 2. The molecule has 0 spiro atoms. The zero-order valence-electron chi connectivity index (χ0n) is 11.8. The van der Waals surface area contributed by atoms with Gasteiger partial charge in [0.25, 0.3) is 5.91 Å². The third-order valence-electron chi connectivity index (χ3n) is 3.76. The lowest BCUT2D eigenvalue weighted by molar-refractivity contribution is -0.120. The number of nitrogens with one attached hydrogen (secondary N) is 1. The van der Waals surface area contributed by atoms with Crippen LogP contribution >= 0.6 is 0 Å². The van der Waals surface area contributed by atoms with E-state index in [1.807, 2.05) is 19.9 Å². The summed E-state index contributed by atoms with van der Waals surface area (Å²) in [6, 6.07) is 4.66. The van der Waals surface area contributed by atoms with Crippen LogP contribution in [0.25, 0.3) is 0 Å². The Labute approximate surface area is 118 Å².